The van der Waals surface area contributed by atoms with E-state index in [1.54, 1.807) is 13.0 Å². The number of rotatable bonds is 4. The van der Waals surface area contributed by atoms with Crippen molar-refractivity contribution in [3.63, 3.8) is 0 Å². The molecule has 1 fully saturated rings. The molecule has 0 bridgehead atoms. The Hall–Kier alpha value is -1.34. The molecule has 0 aliphatic carbocycles. The monoisotopic (exact) mass is 314 g/mol. The molecule has 0 amide bonds. The molecule has 1 aromatic rings. The van der Waals surface area contributed by atoms with Crippen molar-refractivity contribution in [1.82, 2.24) is 0 Å². The fourth-order valence-corrected chi connectivity index (χ4v) is 2.23. The molecule has 1 aliphatic rings. The lowest BCUT2D eigenvalue weighted by Crippen LogP contribution is -2.41. The van der Waals surface area contributed by atoms with E-state index in [1.807, 2.05) is 27.7 Å². The average molecular weight is 314 g/mol. The number of hydrogen-bond donors (Lipinski definition) is 0. The minimum atomic E-state index is -2.91. The summed E-state index contributed by atoms with van der Waals surface area (Å²) < 4.78 is 46.8. The van der Waals surface area contributed by atoms with Crippen LogP contribution in [-0.4, -0.2) is 32.0 Å². The number of alkyl halides is 2. The minimum absolute atomic E-state index is 0.0547. The summed E-state index contributed by atoms with van der Waals surface area (Å²) >= 11 is 0. The first kappa shape index (κ1) is 17.0. The topological polar surface area (TPSA) is 36.9 Å². The number of ether oxygens (including phenoxy) is 2. The Balaban J connectivity index is 2.40. The van der Waals surface area contributed by atoms with Crippen LogP contribution in [-0.2, 0) is 9.31 Å². The van der Waals surface area contributed by atoms with Gasteiger partial charge in [0.2, 0.25) is 0 Å². The molecule has 22 heavy (non-hydrogen) atoms. The highest BCUT2D eigenvalue weighted by Gasteiger charge is 2.52. The highest BCUT2D eigenvalue weighted by molar-refractivity contribution is 6.62. The molecule has 122 valence electrons. The van der Waals surface area contributed by atoms with E-state index in [0.29, 0.717) is 16.8 Å². The van der Waals surface area contributed by atoms with E-state index in [-0.39, 0.29) is 5.75 Å². The summed E-state index contributed by atoms with van der Waals surface area (Å²) in [4.78, 5) is 0. The van der Waals surface area contributed by atoms with Crippen LogP contribution >= 0.6 is 0 Å². The van der Waals surface area contributed by atoms with Crippen molar-refractivity contribution < 1.29 is 27.6 Å². The molecule has 0 atom stereocenters. The second-order valence-electron chi connectivity index (χ2n) is 6.31. The van der Waals surface area contributed by atoms with Crippen molar-refractivity contribution in [2.24, 2.45) is 0 Å². The van der Waals surface area contributed by atoms with E-state index in [0.717, 1.165) is 0 Å². The van der Waals surface area contributed by atoms with Crippen molar-refractivity contribution in [2.75, 3.05) is 7.11 Å². The Morgan fingerprint density at radius 1 is 1.05 bits per heavy atom. The SMILES string of the molecule is COc1cc(B2OC(C)(C)C(C)(C)O2)cc(OC(F)F)c1C. The minimum Gasteiger partial charge on any atom is -0.496 e. The predicted molar refractivity (Wildman–Crippen MR) is 80.1 cm³/mol. The molecule has 4 nitrogen and oxygen atoms in total. The zero-order chi connectivity index (χ0) is 16.7. The van der Waals surface area contributed by atoms with Crippen molar-refractivity contribution in [2.45, 2.75) is 52.4 Å². The van der Waals surface area contributed by atoms with Gasteiger partial charge in [0.1, 0.15) is 11.5 Å². The molecule has 1 heterocycles. The van der Waals surface area contributed by atoms with Crippen LogP contribution in [0.15, 0.2) is 12.1 Å². The largest absolute Gasteiger partial charge is 0.496 e. The second-order valence-corrected chi connectivity index (χ2v) is 6.31. The van der Waals surface area contributed by atoms with Gasteiger partial charge in [-0.3, -0.25) is 0 Å². The summed E-state index contributed by atoms with van der Waals surface area (Å²) in [6.45, 7) is 6.45. The van der Waals surface area contributed by atoms with Crippen LogP contribution in [0.4, 0.5) is 8.78 Å². The Morgan fingerprint density at radius 2 is 1.55 bits per heavy atom. The number of methoxy groups -OCH3 is 1. The van der Waals surface area contributed by atoms with Gasteiger partial charge in [-0.05, 0) is 52.2 Å². The Bertz CT molecular complexity index is 545. The maximum Gasteiger partial charge on any atom is 0.495 e. The van der Waals surface area contributed by atoms with Crippen LogP contribution in [0.1, 0.15) is 33.3 Å². The van der Waals surface area contributed by atoms with Gasteiger partial charge >= 0.3 is 13.7 Å². The van der Waals surface area contributed by atoms with Gasteiger partial charge in [0.15, 0.2) is 0 Å². The maximum absolute atomic E-state index is 12.6. The molecular weight excluding hydrogens is 293 g/mol. The van der Waals surface area contributed by atoms with E-state index in [9.17, 15) is 8.78 Å². The molecule has 1 aromatic carbocycles. The summed E-state index contributed by atoms with van der Waals surface area (Å²) in [5.74, 6) is 0.502. The lowest BCUT2D eigenvalue weighted by molar-refractivity contribution is -0.0503. The first-order valence-electron chi connectivity index (χ1n) is 7.06. The molecule has 0 unspecified atom stereocenters. The van der Waals surface area contributed by atoms with Crippen LogP contribution in [0.2, 0.25) is 0 Å². The zero-order valence-corrected chi connectivity index (χ0v) is 13.7. The van der Waals surface area contributed by atoms with Crippen LogP contribution in [0.25, 0.3) is 0 Å². The van der Waals surface area contributed by atoms with Crippen LogP contribution in [0.3, 0.4) is 0 Å². The number of halogens is 2. The van der Waals surface area contributed by atoms with Gasteiger partial charge in [0.25, 0.3) is 0 Å². The summed E-state index contributed by atoms with van der Waals surface area (Å²) in [5.41, 5.74) is 0.0544. The highest BCUT2D eigenvalue weighted by atomic mass is 19.3. The van der Waals surface area contributed by atoms with Crippen LogP contribution in [0, 0.1) is 6.92 Å². The van der Waals surface area contributed by atoms with E-state index in [4.69, 9.17) is 14.0 Å². The fraction of sp³-hybridized carbons (Fsp3) is 0.600. The van der Waals surface area contributed by atoms with Gasteiger partial charge in [-0.1, -0.05) is 0 Å². The summed E-state index contributed by atoms with van der Waals surface area (Å²) in [6.07, 6.45) is 0. The summed E-state index contributed by atoms with van der Waals surface area (Å²) in [5, 5.41) is 0. The number of benzene rings is 1. The molecule has 0 spiro atoms. The van der Waals surface area contributed by atoms with Crippen LogP contribution < -0.4 is 14.9 Å². The van der Waals surface area contributed by atoms with E-state index < -0.39 is 24.9 Å². The van der Waals surface area contributed by atoms with Crippen LogP contribution in [0.5, 0.6) is 11.5 Å². The van der Waals surface area contributed by atoms with Crippen molar-refractivity contribution in [3.8, 4) is 11.5 Å². The molecule has 0 aromatic heterocycles. The normalized spacial score (nSPS) is 19.6. The van der Waals surface area contributed by atoms with Crippen molar-refractivity contribution in [3.05, 3.63) is 17.7 Å². The van der Waals surface area contributed by atoms with Gasteiger partial charge in [-0.15, -0.1) is 0 Å². The zero-order valence-electron chi connectivity index (χ0n) is 13.7. The van der Waals surface area contributed by atoms with Crippen molar-refractivity contribution in [1.29, 1.82) is 0 Å². The second kappa shape index (κ2) is 5.70. The molecule has 0 radical (unpaired) electrons. The van der Waals surface area contributed by atoms with E-state index >= 15 is 0 Å². The third-order valence-electron chi connectivity index (χ3n) is 4.30. The molecular formula is C15H21BF2O4. The molecule has 2 rings (SSSR count). The van der Waals surface area contributed by atoms with Gasteiger partial charge in [0, 0.05) is 5.56 Å². The van der Waals surface area contributed by atoms with E-state index in [2.05, 4.69) is 4.74 Å². The van der Waals surface area contributed by atoms with Gasteiger partial charge < -0.3 is 18.8 Å². The van der Waals surface area contributed by atoms with Gasteiger partial charge in [-0.25, -0.2) is 0 Å². The third-order valence-corrected chi connectivity index (χ3v) is 4.30. The third kappa shape index (κ3) is 3.05. The Labute approximate surface area is 129 Å². The Morgan fingerprint density at radius 3 is 2.00 bits per heavy atom. The first-order valence-corrected chi connectivity index (χ1v) is 7.06. The predicted octanol–water partition coefficient (Wildman–Crippen LogP) is 2.90. The smallest absolute Gasteiger partial charge is 0.495 e. The van der Waals surface area contributed by atoms with Gasteiger partial charge in [0.05, 0.1) is 18.3 Å². The van der Waals surface area contributed by atoms with Crippen molar-refractivity contribution >= 4 is 12.6 Å². The standard InChI is InChI=1S/C15H21BF2O4/c1-9-11(19-6)7-10(8-12(9)20-13(17)18)16-21-14(2,3)15(4,5)22-16/h7-8,13H,1-6H3. The molecule has 7 heteroatoms. The fourth-order valence-electron chi connectivity index (χ4n) is 2.23. The maximum atomic E-state index is 12.6. The van der Waals surface area contributed by atoms with E-state index in [1.165, 1.54) is 13.2 Å². The Kier molecular flexibility index (Phi) is 4.41. The molecule has 0 N–H and O–H groups in total. The molecule has 0 saturated carbocycles. The molecule has 1 saturated heterocycles. The quantitative estimate of drug-likeness (QED) is 0.801. The first-order chi connectivity index (χ1) is 10.1. The average Bonchev–Trinajstić information content (AvgIpc) is 2.60. The lowest BCUT2D eigenvalue weighted by atomic mass is 9.78. The summed E-state index contributed by atoms with van der Waals surface area (Å²) in [6, 6.07) is 3.22. The highest BCUT2D eigenvalue weighted by Crippen LogP contribution is 2.37. The molecule has 1 aliphatic heterocycles. The summed E-state index contributed by atoms with van der Waals surface area (Å²) in [7, 11) is 0.808. The lowest BCUT2D eigenvalue weighted by Gasteiger charge is -2.32. The van der Waals surface area contributed by atoms with Gasteiger partial charge in [-0.2, -0.15) is 8.78 Å². The number of hydrogen-bond acceptors (Lipinski definition) is 4.